The molecule has 38 heteroatoms. The van der Waals surface area contributed by atoms with Gasteiger partial charge in [-0.1, -0.05) is 132 Å². The Balaban J connectivity index is 0.000000125. The van der Waals surface area contributed by atoms with Crippen molar-refractivity contribution in [1.82, 2.24) is 112 Å². The number of carbonyl (C=O) groups excluding carboxylic acids is 3. The number of fused-ring (bicyclic) bond motifs is 8. The molecule has 3 amide bonds. The average Bonchev–Trinajstić information content (AvgIpc) is 1.34. The number of nitrogens with zero attached hydrogens (tertiary/aromatic N) is 24. The van der Waals surface area contributed by atoms with Crippen molar-refractivity contribution in [2.75, 3.05) is 62.8 Å². The second kappa shape index (κ2) is 39.7. The molecule has 7 aromatic carbocycles. The highest BCUT2D eigenvalue weighted by atomic mass is 16.5. The maximum atomic E-state index is 14.0. The topological polar surface area (TPSA) is 481 Å². The van der Waals surface area contributed by atoms with E-state index in [0.717, 1.165) is 100 Å². The molecule has 14 heterocycles. The molecule has 38 nitrogen and oxygen atoms in total. The first-order valence-electron chi connectivity index (χ1n) is 45.8. The minimum absolute atomic E-state index is 0.0499. The van der Waals surface area contributed by atoms with Gasteiger partial charge in [-0.15, -0.1) is 0 Å². The molecule has 1 aliphatic rings. The summed E-state index contributed by atoms with van der Waals surface area (Å²) in [5.41, 5.74) is 42.6. The Hall–Kier alpha value is -17.8. The molecule has 1 fully saturated rings. The van der Waals surface area contributed by atoms with Gasteiger partial charge in [-0.05, 0) is 171 Å². The van der Waals surface area contributed by atoms with E-state index in [-0.39, 0.29) is 84.6 Å². The predicted octanol–water partition coefficient (Wildman–Crippen LogP) is 10.8. The molecule has 13 aromatic heterocycles. The quantitative estimate of drug-likeness (QED) is 0.0249. The van der Waals surface area contributed by atoms with E-state index >= 15 is 0 Å². The van der Waals surface area contributed by atoms with Crippen LogP contribution in [0.25, 0.3) is 110 Å². The van der Waals surface area contributed by atoms with Crippen LogP contribution >= 0.6 is 0 Å². The van der Waals surface area contributed by atoms with Gasteiger partial charge in [-0.2, -0.15) is 15.2 Å². The van der Waals surface area contributed by atoms with E-state index in [0.29, 0.717) is 144 Å². The molecule has 716 valence electrons. The highest BCUT2D eigenvalue weighted by Crippen LogP contribution is 2.32. The number of hydrogen-bond acceptors (Lipinski definition) is 26. The van der Waals surface area contributed by atoms with Gasteiger partial charge in [0.05, 0.1) is 143 Å². The molecule has 142 heavy (non-hydrogen) atoms. The highest BCUT2D eigenvalue weighted by molar-refractivity contribution is 5.95. The van der Waals surface area contributed by atoms with Crippen LogP contribution in [0.5, 0.6) is 0 Å². The Labute approximate surface area is 809 Å². The highest BCUT2D eigenvalue weighted by Gasteiger charge is 2.30. The Morgan fingerprint density at radius 3 is 1.32 bits per heavy atom. The van der Waals surface area contributed by atoms with Crippen molar-refractivity contribution in [3.8, 4) is 22.7 Å². The average molecular weight is 1900 g/mol. The van der Waals surface area contributed by atoms with Gasteiger partial charge in [0.1, 0.15) is 42.7 Å². The number of pyridine rings is 5. The number of nitrogen functional groups attached to an aromatic ring is 4. The van der Waals surface area contributed by atoms with Crippen LogP contribution in [0.2, 0.25) is 0 Å². The second-order valence-electron chi connectivity index (χ2n) is 35.0. The first-order chi connectivity index (χ1) is 68.5. The summed E-state index contributed by atoms with van der Waals surface area (Å²) in [5.74, 6) is -0.00922. The zero-order chi connectivity index (χ0) is 99.7. The molecule has 1 saturated heterocycles. The van der Waals surface area contributed by atoms with Gasteiger partial charge in [0.2, 0.25) is 17.3 Å². The molecule has 1 aliphatic heterocycles. The van der Waals surface area contributed by atoms with Crippen molar-refractivity contribution in [3.63, 3.8) is 0 Å². The first kappa shape index (κ1) is 94.6. The van der Waals surface area contributed by atoms with E-state index in [2.05, 4.69) is 54.9 Å². The third kappa shape index (κ3) is 18.4. The predicted molar refractivity (Wildman–Crippen MR) is 540 cm³/mol. The lowest BCUT2D eigenvalue weighted by atomic mass is 10.1. The van der Waals surface area contributed by atoms with Crippen LogP contribution < -0.4 is 49.7 Å². The lowest BCUT2D eigenvalue weighted by Gasteiger charge is -2.26. The summed E-state index contributed by atoms with van der Waals surface area (Å²) in [5, 5.41) is 36.2. The van der Waals surface area contributed by atoms with Crippen molar-refractivity contribution in [2.24, 2.45) is 0 Å². The summed E-state index contributed by atoms with van der Waals surface area (Å²) in [7, 11) is 1.25. The lowest BCUT2D eigenvalue weighted by Crippen LogP contribution is -2.41. The van der Waals surface area contributed by atoms with E-state index in [1.54, 1.807) is 49.6 Å². The number of hydrogen-bond donors (Lipinski definition) is 6. The number of benzene rings is 7. The second-order valence-corrected chi connectivity index (χ2v) is 35.0. The molecule has 10 N–H and O–H groups in total. The fourth-order valence-electron chi connectivity index (χ4n) is 18.4. The number of ether oxygens (including phenoxy) is 1. The Kier molecular flexibility index (Phi) is 26.5. The largest absolute Gasteiger partial charge is 0.383 e. The third-order valence-electron chi connectivity index (χ3n) is 25.5. The fourth-order valence-corrected chi connectivity index (χ4v) is 18.4. The Bertz CT molecular complexity index is 8680. The van der Waals surface area contributed by atoms with E-state index < -0.39 is 11.8 Å². The van der Waals surface area contributed by atoms with E-state index in [1.165, 1.54) is 39.3 Å². The number of aryl methyl sites for hydroxylation is 8. The van der Waals surface area contributed by atoms with Crippen LogP contribution in [0, 0.1) is 55.4 Å². The van der Waals surface area contributed by atoms with Gasteiger partial charge in [0, 0.05) is 50.3 Å². The number of rotatable bonds is 19. The zero-order valence-corrected chi connectivity index (χ0v) is 79.6. The number of morpholine rings is 1. The molecular weight excluding hydrogens is 1800 g/mol. The Morgan fingerprint density at radius 2 is 0.845 bits per heavy atom. The number of nitrogens with two attached hydrogens (primary N) is 4. The Morgan fingerprint density at radius 1 is 0.430 bits per heavy atom. The fraction of sp³-hybridized carbons (Fsp3) is 0.212. The van der Waals surface area contributed by atoms with Gasteiger partial charge >= 0.3 is 5.65 Å². The van der Waals surface area contributed by atoms with Crippen LogP contribution in [0.15, 0.2) is 245 Å². The third-order valence-corrected chi connectivity index (χ3v) is 25.5. The van der Waals surface area contributed by atoms with Gasteiger partial charge < -0.3 is 37.1 Å². The minimum Gasteiger partial charge on any atom is -0.383 e. The molecule has 0 saturated carbocycles. The van der Waals surface area contributed by atoms with E-state index in [4.69, 9.17) is 32.8 Å². The molecule has 0 atom stereocenters. The van der Waals surface area contributed by atoms with Crippen molar-refractivity contribution in [2.45, 2.75) is 108 Å². The first-order valence-corrected chi connectivity index (χ1v) is 45.8. The van der Waals surface area contributed by atoms with Crippen LogP contribution in [0.4, 0.5) is 23.3 Å². The number of anilines is 4. The summed E-state index contributed by atoms with van der Waals surface area (Å²) in [6.45, 7) is 20.5. The van der Waals surface area contributed by atoms with E-state index in [9.17, 15) is 44.0 Å². The molecule has 0 spiro atoms. The number of hydroxylamine groups is 4. The lowest BCUT2D eigenvalue weighted by molar-refractivity contribution is -0.665. The van der Waals surface area contributed by atoms with Gasteiger partial charge in [-0.25, -0.2) is 58.9 Å². The molecule has 21 rings (SSSR count). The van der Waals surface area contributed by atoms with Crippen LogP contribution in [-0.4, -0.2) is 180 Å². The van der Waals surface area contributed by atoms with Crippen molar-refractivity contribution >= 4 is 129 Å². The van der Waals surface area contributed by atoms with Crippen LogP contribution in [0.1, 0.15) is 85.6 Å². The number of amides is 3. The number of para-hydroxylation sites is 4. The van der Waals surface area contributed by atoms with Gasteiger partial charge in [0.15, 0.2) is 41.2 Å². The zero-order valence-electron chi connectivity index (χ0n) is 79.6. The maximum absolute atomic E-state index is 14.0. The molecular formula is C104H101N28O10+. The molecule has 0 bridgehead atoms. The normalized spacial score (nSPS) is 12.0. The molecule has 0 radical (unpaired) electrons. The van der Waals surface area contributed by atoms with Gasteiger partial charge in [-0.3, -0.25) is 71.8 Å². The van der Waals surface area contributed by atoms with Crippen molar-refractivity contribution in [1.29, 1.82) is 0 Å². The smallest absolute Gasteiger partial charge is 0.307 e. The monoisotopic (exact) mass is 1900 g/mol. The summed E-state index contributed by atoms with van der Waals surface area (Å²) in [6.07, 6.45) is 10.6. The van der Waals surface area contributed by atoms with Crippen molar-refractivity contribution < 1.29 is 34.1 Å². The summed E-state index contributed by atoms with van der Waals surface area (Å²) in [4.78, 5) is 137. The summed E-state index contributed by atoms with van der Waals surface area (Å²) in [6, 6.07) is 58.4. The standard InChI is InChI=1S/C29H29N7O3.C27H28N7O3.C26H25N7O3.C22H19N7O/c1-18-6-3-4-9-23(18)36-21(14-20-8-5-7-19(2)25(20)29(36)38)16-35-28-26(27(30)31-17-32-28)22(33-35)15-24(37)34-10-12-39-13-11-34;1-17-7-4-5-10-22(17)34-21(13-20-9-6-8-18(2)23(20)27(34)36)14-32-16-31(11-12-33(37)19(3)35)24-25(28)29-15-30-26(24)32;1-15-7-4-5-10-20(15)33-18(11-17-9-6-8-16(2)22(17)26(33)35)13-32-25-23(24(27)28-14-29-25)19(30-32)12-21(34)31(3)36;1-13-5-3-4-6-17(13)29-15(9-16-18(22(29)30)14(2)7-8-24-16)10-28-12-27-19-20(23)25-11-26-21(19)28/h3-9,14,17H,10-13,15-16H2,1-2H3,(H2,30,31,32);4-10,13,15-16,37H,11-12,14H2,1-3H3,(H2,28,29,30);4-11,14,36H,12-13H2,1-3H3,(H2,27,28,29);3-9,11-12H,10H2,1-2H3,(H2,23,25,26)/q;+1;;. The number of aromatic nitrogens is 21. The van der Waals surface area contributed by atoms with Crippen molar-refractivity contribution in [3.05, 3.63) is 346 Å². The van der Waals surface area contributed by atoms with E-state index in [1.807, 2.05) is 253 Å². The molecule has 0 unspecified atom stereocenters. The summed E-state index contributed by atoms with van der Waals surface area (Å²) < 4.78 is 21.2. The molecule has 0 aliphatic carbocycles. The molecule has 20 aromatic rings. The van der Waals surface area contributed by atoms with Gasteiger partial charge in [0.25, 0.3) is 28.1 Å². The summed E-state index contributed by atoms with van der Waals surface area (Å²) >= 11 is 0. The van der Waals surface area contributed by atoms with Crippen LogP contribution in [0.3, 0.4) is 0 Å². The number of imidazole rings is 2. The maximum Gasteiger partial charge on any atom is 0.307 e. The SMILES string of the molecule is CC(=O)N(O)CCn1c[n+](Cc2cc3cccc(C)c3c(=O)n2-c2ccccc2C)c2ncnc(N)c21.Cc1ccccc1-n1c(Cn2cnc3c(N)ncnc32)cc2nccc(C)c2c1=O.Cc1ccccc1-n1c(Cn2nc(CC(=O)N(C)O)c3c(N)ncnc32)cc2cccc(C)c2c1=O.Cc1ccccc1-n1c(Cn2nc(CC(=O)N3CCOCC3)c3c(N)ncnc32)cc2cccc(C)c2c1=O. The van der Waals surface area contributed by atoms with Crippen LogP contribution in [-0.2, 0) is 64.7 Å². The number of carbonyl (C=O) groups is 3. The minimum atomic E-state index is -0.553. The number of likely N-dealkylation sites (N-methyl/N-ethyl adjacent to an activating group) is 1.